The number of rotatable bonds is 8. The van der Waals surface area contributed by atoms with E-state index in [-0.39, 0.29) is 17.8 Å². The molecule has 0 spiro atoms. The number of benzene rings is 4. The van der Waals surface area contributed by atoms with Crippen molar-refractivity contribution >= 4 is 28.5 Å². The molecule has 1 saturated heterocycles. The van der Waals surface area contributed by atoms with Gasteiger partial charge in [-0.25, -0.2) is 0 Å². The molecule has 2 atom stereocenters. The fourth-order valence-corrected chi connectivity index (χ4v) is 4.92. The van der Waals surface area contributed by atoms with Crippen LogP contribution in [0.15, 0.2) is 91.0 Å². The lowest BCUT2D eigenvalue weighted by molar-refractivity contribution is -0.138. The molecule has 0 aromatic heterocycles. The van der Waals surface area contributed by atoms with Crippen molar-refractivity contribution in [3.8, 4) is 5.75 Å². The number of nitrogens with two attached hydrogens (primary N) is 1. The van der Waals surface area contributed by atoms with Gasteiger partial charge in [0.15, 0.2) is 0 Å². The van der Waals surface area contributed by atoms with Crippen LogP contribution in [-0.2, 0) is 11.2 Å². The Kier molecular flexibility index (Phi) is 7.09. The molecule has 0 bridgehead atoms. The summed E-state index contributed by atoms with van der Waals surface area (Å²) in [7, 11) is 0. The highest BCUT2D eigenvalue weighted by Gasteiger charge is 2.28. The van der Waals surface area contributed by atoms with Gasteiger partial charge < -0.3 is 20.5 Å². The second kappa shape index (κ2) is 10.8. The number of amidine groups is 1. The van der Waals surface area contributed by atoms with Gasteiger partial charge in [-0.1, -0.05) is 60.7 Å². The largest absolute Gasteiger partial charge is 0.489 e. The van der Waals surface area contributed by atoms with Crippen LogP contribution >= 0.6 is 0 Å². The quantitative estimate of drug-likeness (QED) is 0.233. The van der Waals surface area contributed by atoms with E-state index in [0.717, 1.165) is 22.8 Å². The molecule has 7 heteroatoms. The number of hydrogen-bond donors (Lipinski definition) is 3. The van der Waals surface area contributed by atoms with Crippen LogP contribution in [0.1, 0.15) is 39.4 Å². The maximum atomic E-state index is 12.7. The van der Waals surface area contributed by atoms with Crippen molar-refractivity contribution in [2.75, 3.05) is 13.1 Å². The summed E-state index contributed by atoms with van der Waals surface area (Å²) in [4.78, 5) is 26.7. The van der Waals surface area contributed by atoms with Gasteiger partial charge in [-0.05, 0) is 58.7 Å². The van der Waals surface area contributed by atoms with E-state index in [0.29, 0.717) is 42.0 Å². The summed E-state index contributed by atoms with van der Waals surface area (Å²) in [6.07, 6.45) is 0.960. The average molecular weight is 508 g/mol. The lowest BCUT2D eigenvalue weighted by atomic mass is 9.91. The lowest BCUT2D eigenvalue weighted by Crippen LogP contribution is -2.30. The molecule has 1 amide bonds. The molecule has 4 aromatic rings. The molecular weight excluding hydrogens is 478 g/mol. The minimum atomic E-state index is -0.901. The minimum absolute atomic E-state index is 0.00237. The zero-order chi connectivity index (χ0) is 26.6. The Hall–Kier alpha value is -4.65. The Balaban J connectivity index is 1.25. The van der Waals surface area contributed by atoms with Crippen molar-refractivity contribution in [3.05, 3.63) is 113 Å². The van der Waals surface area contributed by atoms with Gasteiger partial charge in [0.05, 0.1) is 12.5 Å². The molecule has 4 N–H and O–H groups in total. The number of hydrogen-bond acceptors (Lipinski definition) is 4. The number of aliphatic carboxylic acids is 1. The van der Waals surface area contributed by atoms with Gasteiger partial charge in [-0.3, -0.25) is 15.0 Å². The Morgan fingerprint density at radius 1 is 0.947 bits per heavy atom. The first kappa shape index (κ1) is 25.0. The third-order valence-electron chi connectivity index (χ3n) is 6.99. The molecule has 1 aliphatic heterocycles. The number of amides is 1. The summed E-state index contributed by atoms with van der Waals surface area (Å²) in [6.45, 7) is 1.15. The van der Waals surface area contributed by atoms with Crippen LogP contribution in [-0.4, -0.2) is 46.9 Å². The van der Waals surface area contributed by atoms with Gasteiger partial charge in [0.25, 0.3) is 5.91 Å². The molecule has 0 saturated carbocycles. The van der Waals surface area contributed by atoms with Gasteiger partial charge in [0, 0.05) is 24.1 Å². The third-order valence-corrected chi connectivity index (χ3v) is 6.99. The molecule has 38 heavy (non-hydrogen) atoms. The molecule has 0 aliphatic carbocycles. The van der Waals surface area contributed by atoms with Crippen molar-refractivity contribution in [3.63, 3.8) is 0 Å². The summed E-state index contributed by atoms with van der Waals surface area (Å²) < 4.78 is 6.11. The Morgan fingerprint density at radius 2 is 1.68 bits per heavy atom. The molecule has 0 radical (unpaired) electrons. The third kappa shape index (κ3) is 5.52. The number of carboxylic acids is 1. The summed E-state index contributed by atoms with van der Waals surface area (Å²) in [5, 5.41) is 19.6. The molecular formula is C31H29N3O4. The van der Waals surface area contributed by atoms with Crippen molar-refractivity contribution in [2.24, 2.45) is 5.73 Å². The summed E-state index contributed by atoms with van der Waals surface area (Å²) in [5.74, 6) is -0.969. The fourth-order valence-electron chi connectivity index (χ4n) is 4.92. The first-order valence-electron chi connectivity index (χ1n) is 12.6. The molecule has 1 aliphatic rings. The normalized spacial score (nSPS) is 15.8. The van der Waals surface area contributed by atoms with Gasteiger partial charge in [0.2, 0.25) is 0 Å². The van der Waals surface area contributed by atoms with E-state index in [9.17, 15) is 14.7 Å². The van der Waals surface area contributed by atoms with Crippen LogP contribution in [0.3, 0.4) is 0 Å². The number of carbonyl (C=O) groups excluding carboxylic acids is 1. The highest BCUT2D eigenvalue weighted by Crippen LogP contribution is 2.27. The second-order valence-corrected chi connectivity index (χ2v) is 9.62. The van der Waals surface area contributed by atoms with E-state index in [1.807, 2.05) is 60.7 Å². The molecule has 1 fully saturated rings. The predicted octanol–water partition coefficient (Wildman–Crippen LogP) is 4.83. The van der Waals surface area contributed by atoms with E-state index < -0.39 is 11.9 Å². The van der Waals surface area contributed by atoms with E-state index in [1.165, 1.54) is 0 Å². The summed E-state index contributed by atoms with van der Waals surface area (Å²) in [6, 6.07) is 27.8. The summed E-state index contributed by atoms with van der Waals surface area (Å²) >= 11 is 0. The van der Waals surface area contributed by atoms with Crippen LogP contribution in [0, 0.1) is 5.41 Å². The molecule has 5 rings (SSSR count). The van der Waals surface area contributed by atoms with Crippen LogP contribution in [0.4, 0.5) is 0 Å². The Morgan fingerprint density at radius 3 is 2.39 bits per heavy atom. The first-order chi connectivity index (χ1) is 18.4. The van der Waals surface area contributed by atoms with Crippen molar-refractivity contribution in [1.29, 1.82) is 5.41 Å². The fraction of sp³-hybridized carbons (Fsp3) is 0.194. The number of nitrogen functional groups attached to an aromatic ring is 1. The van der Waals surface area contributed by atoms with Crippen molar-refractivity contribution in [2.45, 2.75) is 24.9 Å². The highest BCUT2D eigenvalue weighted by atomic mass is 16.5. The van der Waals surface area contributed by atoms with E-state index in [2.05, 4.69) is 0 Å². The first-order valence-corrected chi connectivity index (χ1v) is 12.6. The molecule has 0 unspecified atom stereocenters. The van der Waals surface area contributed by atoms with Gasteiger partial charge in [-0.15, -0.1) is 0 Å². The number of carboxylic acid groups (broad SMARTS) is 1. The van der Waals surface area contributed by atoms with Crippen molar-refractivity contribution < 1.29 is 19.4 Å². The topological polar surface area (TPSA) is 117 Å². The molecule has 7 nitrogen and oxygen atoms in total. The standard InChI is InChI=1S/C31H29N3O4/c32-29(33)24-9-8-21-7-6-20(16-25(21)18-24)17-28(31(36)37)22-10-12-26(13-11-22)38-27-14-15-34(19-27)30(35)23-4-2-1-3-5-23/h1-13,16,18,27-28H,14-15,17,19H2,(H3,32,33)(H,36,37)/t27-,28-/m0/s1. The number of ether oxygens (including phenoxy) is 1. The zero-order valence-electron chi connectivity index (χ0n) is 20.8. The van der Waals surface area contributed by atoms with Gasteiger partial charge in [0.1, 0.15) is 17.7 Å². The lowest BCUT2D eigenvalue weighted by Gasteiger charge is -2.18. The van der Waals surface area contributed by atoms with E-state index >= 15 is 0 Å². The SMILES string of the molecule is N=C(N)c1ccc2ccc(C[C@H](C(=O)O)c3ccc(O[C@H]4CCN(C(=O)c5ccccc5)C4)cc3)cc2c1. The van der Waals surface area contributed by atoms with Gasteiger partial charge >= 0.3 is 5.97 Å². The number of likely N-dealkylation sites (tertiary alicyclic amines) is 1. The predicted molar refractivity (Wildman–Crippen MR) is 147 cm³/mol. The zero-order valence-corrected chi connectivity index (χ0v) is 20.8. The summed E-state index contributed by atoms with van der Waals surface area (Å²) in [5.41, 5.74) is 8.51. The smallest absolute Gasteiger partial charge is 0.311 e. The average Bonchev–Trinajstić information content (AvgIpc) is 3.40. The maximum absolute atomic E-state index is 12.7. The molecule has 4 aromatic carbocycles. The van der Waals surface area contributed by atoms with E-state index in [4.69, 9.17) is 15.9 Å². The maximum Gasteiger partial charge on any atom is 0.311 e. The van der Waals surface area contributed by atoms with Crippen LogP contribution in [0.2, 0.25) is 0 Å². The monoisotopic (exact) mass is 507 g/mol. The number of nitrogens with one attached hydrogen (secondary N) is 1. The molecule has 192 valence electrons. The van der Waals surface area contributed by atoms with Crippen LogP contribution in [0.25, 0.3) is 10.8 Å². The Labute approximate surface area is 221 Å². The number of nitrogens with zero attached hydrogens (tertiary/aromatic N) is 1. The van der Waals surface area contributed by atoms with Crippen molar-refractivity contribution in [1.82, 2.24) is 4.90 Å². The van der Waals surface area contributed by atoms with E-state index in [1.54, 1.807) is 35.2 Å². The van der Waals surface area contributed by atoms with Crippen LogP contribution in [0.5, 0.6) is 5.75 Å². The minimum Gasteiger partial charge on any atom is -0.489 e. The van der Waals surface area contributed by atoms with Crippen LogP contribution < -0.4 is 10.5 Å². The second-order valence-electron chi connectivity index (χ2n) is 9.62. The number of carbonyl (C=O) groups is 2. The Bertz CT molecular complexity index is 1480. The highest BCUT2D eigenvalue weighted by molar-refractivity contribution is 5.99. The number of fused-ring (bicyclic) bond motifs is 1. The molecule has 1 heterocycles. The van der Waals surface area contributed by atoms with Gasteiger partial charge in [-0.2, -0.15) is 0 Å².